The Bertz CT molecular complexity index is 435. The predicted molar refractivity (Wildman–Crippen MR) is 81.4 cm³/mol. The van der Waals surface area contributed by atoms with Gasteiger partial charge in [0.05, 0.1) is 6.10 Å². The number of hydrogen-bond donors (Lipinski definition) is 0. The van der Waals surface area contributed by atoms with Crippen molar-refractivity contribution in [3.8, 4) is 0 Å². The Labute approximate surface area is 115 Å². The smallest absolute Gasteiger partial charge is 0.136 e. The first-order valence-corrected chi connectivity index (χ1v) is 9.45. The molecule has 2 unspecified atom stereocenters. The molecule has 0 radical (unpaired) electrons. The van der Waals surface area contributed by atoms with E-state index in [-0.39, 0.29) is 0 Å². The fourth-order valence-electron chi connectivity index (χ4n) is 2.41. The maximum absolute atomic E-state index is 6.20. The quantitative estimate of drug-likeness (QED) is 0.778. The van der Waals surface area contributed by atoms with Crippen molar-refractivity contribution in [2.75, 3.05) is 6.54 Å². The van der Waals surface area contributed by atoms with Crippen molar-refractivity contribution in [3.05, 3.63) is 35.9 Å². The zero-order valence-corrected chi connectivity index (χ0v) is 13.1. The van der Waals surface area contributed by atoms with Crippen LogP contribution in [0.4, 0.5) is 0 Å². The summed E-state index contributed by atoms with van der Waals surface area (Å²) in [7, 11) is 0. The predicted octanol–water partition coefficient (Wildman–Crippen LogP) is 4.02. The summed E-state index contributed by atoms with van der Waals surface area (Å²) in [6.45, 7) is 7.64. The average molecular weight is 283 g/mol. The van der Waals surface area contributed by atoms with Gasteiger partial charge in [0.1, 0.15) is 6.42 Å². The van der Waals surface area contributed by atoms with Gasteiger partial charge in [-0.1, -0.05) is 30.3 Å². The molecular formula is C14H22NOPS. The van der Waals surface area contributed by atoms with Crippen molar-refractivity contribution >= 4 is 18.2 Å². The molecule has 2 rings (SSSR count). The third-order valence-corrected chi connectivity index (χ3v) is 7.50. The summed E-state index contributed by atoms with van der Waals surface area (Å²) >= 11 is 5.93. The summed E-state index contributed by atoms with van der Waals surface area (Å²) in [5, 5.41) is 0. The van der Waals surface area contributed by atoms with Crippen molar-refractivity contribution in [1.29, 1.82) is 0 Å². The van der Waals surface area contributed by atoms with Crippen LogP contribution in [0.15, 0.2) is 30.3 Å². The van der Waals surface area contributed by atoms with Gasteiger partial charge in [-0.2, -0.15) is 0 Å². The Morgan fingerprint density at radius 3 is 2.67 bits per heavy atom. The van der Waals surface area contributed by atoms with Crippen LogP contribution in [0.1, 0.15) is 32.8 Å². The normalized spacial score (nSPS) is 29.7. The van der Waals surface area contributed by atoms with Crippen molar-refractivity contribution in [2.24, 2.45) is 0 Å². The van der Waals surface area contributed by atoms with E-state index in [4.69, 9.17) is 16.3 Å². The maximum atomic E-state index is 6.20. The SMILES string of the molecule is CC1CCN(C(C)C)P(=S)(Cc2ccccc2)O1. The van der Waals surface area contributed by atoms with E-state index in [0.717, 1.165) is 19.1 Å². The minimum absolute atomic E-state index is 0.301. The molecule has 1 heterocycles. The van der Waals surface area contributed by atoms with E-state index in [1.165, 1.54) is 5.56 Å². The molecule has 0 aromatic heterocycles. The number of rotatable bonds is 3. The molecule has 1 aromatic rings. The molecular weight excluding hydrogens is 261 g/mol. The van der Waals surface area contributed by atoms with Gasteiger partial charge in [-0.05, 0) is 44.6 Å². The Morgan fingerprint density at radius 1 is 1.39 bits per heavy atom. The van der Waals surface area contributed by atoms with Crippen molar-refractivity contribution in [2.45, 2.75) is 45.5 Å². The van der Waals surface area contributed by atoms with Crippen LogP contribution in [0.5, 0.6) is 0 Å². The molecule has 2 atom stereocenters. The second-order valence-electron chi connectivity index (χ2n) is 5.24. The largest absolute Gasteiger partial charge is 0.334 e. The van der Waals surface area contributed by atoms with Crippen LogP contribution in [0, 0.1) is 0 Å². The van der Waals surface area contributed by atoms with Gasteiger partial charge in [-0.3, -0.25) is 4.67 Å². The summed E-state index contributed by atoms with van der Waals surface area (Å²) in [5.74, 6) is 0. The molecule has 1 aliphatic rings. The van der Waals surface area contributed by atoms with Crippen LogP contribution in [-0.4, -0.2) is 23.4 Å². The second kappa shape index (κ2) is 5.83. The molecule has 100 valence electrons. The topological polar surface area (TPSA) is 12.5 Å². The van der Waals surface area contributed by atoms with Crippen LogP contribution < -0.4 is 0 Å². The molecule has 1 aromatic carbocycles. The Morgan fingerprint density at radius 2 is 2.06 bits per heavy atom. The monoisotopic (exact) mass is 283 g/mol. The van der Waals surface area contributed by atoms with Gasteiger partial charge in [0, 0.05) is 18.7 Å². The summed E-state index contributed by atoms with van der Waals surface area (Å²) < 4.78 is 8.62. The molecule has 18 heavy (non-hydrogen) atoms. The fraction of sp³-hybridized carbons (Fsp3) is 0.571. The molecule has 0 bridgehead atoms. The lowest BCUT2D eigenvalue weighted by molar-refractivity contribution is 0.151. The second-order valence-corrected chi connectivity index (χ2v) is 9.27. The highest BCUT2D eigenvalue weighted by molar-refractivity contribution is 8.10. The summed E-state index contributed by atoms with van der Waals surface area (Å²) in [6, 6.07) is 11.0. The first-order chi connectivity index (χ1) is 8.51. The molecule has 2 nitrogen and oxygen atoms in total. The van der Waals surface area contributed by atoms with Gasteiger partial charge in [-0.25, -0.2) is 0 Å². The van der Waals surface area contributed by atoms with Gasteiger partial charge < -0.3 is 4.52 Å². The van der Waals surface area contributed by atoms with Gasteiger partial charge in [0.25, 0.3) is 0 Å². The number of benzene rings is 1. The fourth-order valence-corrected chi connectivity index (χ4v) is 6.95. The zero-order chi connectivity index (χ0) is 13.2. The van der Waals surface area contributed by atoms with E-state index in [0.29, 0.717) is 12.1 Å². The van der Waals surface area contributed by atoms with Crippen LogP contribution >= 0.6 is 6.42 Å². The number of nitrogens with zero attached hydrogens (tertiary/aromatic N) is 1. The number of hydrogen-bond acceptors (Lipinski definition) is 2. The molecule has 0 amide bonds. The first-order valence-electron chi connectivity index (χ1n) is 6.60. The van der Waals surface area contributed by atoms with Gasteiger partial charge in [0.2, 0.25) is 0 Å². The average Bonchev–Trinajstić information content (AvgIpc) is 2.28. The van der Waals surface area contributed by atoms with Gasteiger partial charge >= 0.3 is 0 Å². The van der Waals surface area contributed by atoms with Crippen LogP contribution in [0.25, 0.3) is 0 Å². The molecule has 1 saturated heterocycles. The van der Waals surface area contributed by atoms with E-state index in [1.54, 1.807) is 0 Å². The molecule has 0 aliphatic carbocycles. The van der Waals surface area contributed by atoms with Gasteiger partial charge in [-0.15, -0.1) is 0 Å². The first kappa shape index (κ1) is 14.2. The van der Waals surface area contributed by atoms with Gasteiger partial charge in [0.15, 0.2) is 0 Å². The lowest BCUT2D eigenvalue weighted by atomic mass is 10.2. The van der Waals surface area contributed by atoms with E-state index < -0.39 is 6.42 Å². The molecule has 4 heteroatoms. The van der Waals surface area contributed by atoms with Crippen LogP contribution in [-0.2, 0) is 22.5 Å². The summed E-state index contributed by atoms with van der Waals surface area (Å²) in [6.07, 6.45) is 0.379. The Balaban J connectivity index is 2.22. The molecule has 1 fully saturated rings. The maximum Gasteiger partial charge on any atom is 0.136 e. The minimum Gasteiger partial charge on any atom is -0.334 e. The molecule has 1 aliphatic heterocycles. The highest BCUT2D eigenvalue weighted by Crippen LogP contribution is 2.58. The Hall–Kier alpha value is -0.210. The lowest BCUT2D eigenvalue weighted by Gasteiger charge is -2.43. The molecule has 0 spiro atoms. The van der Waals surface area contributed by atoms with Crippen LogP contribution in [0.3, 0.4) is 0 Å². The zero-order valence-electron chi connectivity index (χ0n) is 11.4. The van der Waals surface area contributed by atoms with Crippen LogP contribution in [0.2, 0.25) is 0 Å². The minimum atomic E-state index is -1.89. The van der Waals surface area contributed by atoms with Crippen molar-refractivity contribution in [3.63, 3.8) is 0 Å². The van der Waals surface area contributed by atoms with Crippen molar-refractivity contribution < 1.29 is 4.52 Å². The lowest BCUT2D eigenvalue weighted by Crippen LogP contribution is -2.37. The molecule has 0 saturated carbocycles. The standard InChI is InChI=1S/C14H22NOPS/c1-12(2)15-10-9-13(3)16-17(15,18)11-14-7-5-4-6-8-14/h4-8,12-13H,9-11H2,1-3H3. The third kappa shape index (κ3) is 3.21. The summed E-state index contributed by atoms with van der Waals surface area (Å²) in [4.78, 5) is 0. The van der Waals surface area contributed by atoms with E-state index in [1.807, 2.05) is 6.07 Å². The van der Waals surface area contributed by atoms with E-state index in [9.17, 15) is 0 Å². The van der Waals surface area contributed by atoms with Crippen molar-refractivity contribution in [1.82, 2.24) is 4.67 Å². The highest BCUT2D eigenvalue weighted by atomic mass is 32.4. The summed E-state index contributed by atoms with van der Waals surface area (Å²) in [5.41, 5.74) is 1.29. The van der Waals surface area contributed by atoms with E-state index >= 15 is 0 Å². The Kier molecular flexibility index (Phi) is 4.60. The third-order valence-electron chi connectivity index (χ3n) is 3.32. The molecule has 0 N–H and O–H groups in total. The van der Waals surface area contributed by atoms with E-state index in [2.05, 4.69) is 49.7 Å². The highest BCUT2D eigenvalue weighted by Gasteiger charge is 2.34.